The van der Waals surface area contributed by atoms with Crippen molar-refractivity contribution in [3.63, 3.8) is 0 Å². The zero-order valence-corrected chi connectivity index (χ0v) is 21.6. The molecule has 0 saturated carbocycles. The van der Waals surface area contributed by atoms with Crippen molar-refractivity contribution in [1.82, 2.24) is 15.2 Å². The number of likely N-dealkylation sites (tertiary alicyclic amines) is 1. The van der Waals surface area contributed by atoms with Gasteiger partial charge in [0, 0.05) is 31.0 Å². The molecule has 4 heterocycles. The number of nitrogens with zero attached hydrogens (tertiary/aromatic N) is 3. The van der Waals surface area contributed by atoms with E-state index < -0.39 is 0 Å². The Bertz CT molecular complexity index is 1580. The Balaban J connectivity index is 1.33. The monoisotopic (exact) mass is 521 g/mol. The second-order valence-corrected chi connectivity index (χ2v) is 10.5. The number of benzene rings is 2. The third-order valence-electron chi connectivity index (χ3n) is 7.06. The molecule has 3 amide bonds. The summed E-state index contributed by atoms with van der Waals surface area (Å²) in [7, 11) is 0. The molecule has 6 rings (SSSR count). The van der Waals surface area contributed by atoms with Crippen LogP contribution in [0.2, 0.25) is 0 Å². The minimum Gasteiger partial charge on any atom is -0.370 e. The molecule has 0 unspecified atom stereocenters. The van der Waals surface area contributed by atoms with E-state index in [1.54, 1.807) is 17.2 Å². The number of thiophene rings is 1. The highest BCUT2D eigenvalue weighted by Crippen LogP contribution is 2.46. The quantitative estimate of drug-likeness (QED) is 0.283. The molecule has 2 aliphatic rings. The third kappa shape index (κ3) is 4.22. The first-order chi connectivity index (χ1) is 18.5. The van der Waals surface area contributed by atoms with Crippen molar-refractivity contribution in [1.29, 1.82) is 0 Å². The average Bonchev–Trinajstić information content (AvgIpc) is 3.33. The predicted octanol–water partition coefficient (Wildman–Crippen LogP) is 6.54. The first-order valence-electron chi connectivity index (χ1n) is 12.6. The van der Waals surface area contributed by atoms with Crippen LogP contribution in [0.25, 0.3) is 21.3 Å². The molecular formula is C30H27N5O2S. The molecule has 1 atom stereocenters. The van der Waals surface area contributed by atoms with E-state index >= 15 is 0 Å². The number of carbonyl (C=O) groups is 2. The van der Waals surface area contributed by atoms with Crippen molar-refractivity contribution >= 4 is 50.6 Å². The van der Waals surface area contributed by atoms with E-state index in [4.69, 9.17) is 0 Å². The summed E-state index contributed by atoms with van der Waals surface area (Å²) in [4.78, 5) is 36.4. The van der Waals surface area contributed by atoms with Gasteiger partial charge in [0.2, 0.25) is 0 Å². The maximum Gasteiger partial charge on any atom is 0.331 e. The highest BCUT2D eigenvalue weighted by molar-refractivity contribution is 7.21. The SMILES string of the molecule is C=CC(=C)N1CCC[C@@H](NC(=O)c2sc3nccc4c3c2NC(=O)N4c2cccc(-c3ccccc3)c2)C1. The van der Waals surface area contributed by atoms with Crippen LogP contribution >= 0.6 is 11.3 Å². The van der Waals surface area contributed by atoms with Gasteiger partial charge in [-0.3, -0.25) is 9.69 Å². The largest absolute Gasteiger partial charge is 0.370 e. The summed E-state index contributed by atoms with van der Waals surface area (Å²) in [5.41, 5.74) is 4.91. The molecule has 1 saturated heterocycles. The number of carbonyl (C=O) groups excluding carboxylic acids is 2. The van der Waals surface area contributed by atoms with E-state index in [1.165, 1.54) is 11.3 Å². The van der Waals surface area contributed by atoms with Gasteiger partial charge in [-0.1, -0.05) is 55.6 Å². The second kappa shape index (κ2) is 9.79. The van der Waals surface area contributed by atoms with Gasteiger partial charge >= 0.3 is 6.03 Å². The molecule has 2 N–H and O–H groups in total. The minimum absolute atomic E-state index is 0.0192. The molecular weight excluding hydrogens is 494 g/mol. The van der Waals surface area contributed by atoms with Crippen molar-refractivity contribution in [2.75, 3.05) is 23.3 Å². The topological polar surface area (TPSA) is 77.6 Å². The van der Waals surface area contributed by atoms with E-state index in [2.05, 4.69) is 33.7 Å². The van der Waals surface area contributed by atoms with E-state index in [1.807, 2.05) is 60.7 Å². The fourth-order valence-corrected chi connectivity index (χ4v) is 6.21. The van der Waals surface area contributed by atoms with Crippen LogP contribution < -0.4 is 15.5 Å². The van der Waals surface area contributed by atoms with Gasteiger partial charge in [-0.15, -0.1) is 11.3 Å². The maximum absolute atomic E-state index is 13.5. The molecule has 38 heavy (non-hydrogen) atoms. The number of pyridine rings is 1. The molecule has 8 heteroatoms. The van der Waals surface area contributed by atoms with Crippen LogP contribution in [0.5, 0.6) is 0 Å². The van der Waals surface area contributed by atoms with Gasteiger partial charge in [0.25, 0.3) is 5.91 Å². The van der Waals surface area contributed by atoms with Crippen molar-refractivity contribution in [2.24, 2.45) is 0 Å². The van der Waals surface area contributed by atoms with E-state index in [0.717, 1.165) is 47.3 Å². The number of nitrogens with one attached hydrogen (secondary N) is 2. The van der Waals surface area contributed by atoms with Gasteiger partial charge in [-0.2, -0.15) is 0 Å². The van der Waals surface area contributed by atoms with Crippen molar-refractivity contribution in [3.05, 3.63) is 96.7 Å². The number of anilines is 3. The third-order valence-corrected chi connectivity index (χ3v) is 8.16. The fraction of sp³-hybridized carbons (Fsp3) is 0.167. The fourth-order valence-electron chi connectivity index (χ4n) is 5.19. The van der Waals surface area contributed by atoms with Gasteiger partial charge in [0.05, 0.1) is 22.4 Å². The van der Waals surface area contributed by atoms with E-state index in [9.17, 15) is 9.59 Å². The molecule has 2 aromatic heterocycles. The molecule has 4 aromatic rings. The molecule has 190 valence electrons. The summed E-state index contributed by atoms with van der Waals surface area (Å²) < 4.78 is 0. The minimum atomic E-state index is -0.311. The van der Waals surface area contributed by atoms with Gasteiger partial charge in [-0.05, 0) is 48.2 Å². The lowest BCUT2D eigenvalue weighted by Gasteiger charge is -2.35. The molecule has 0 radical (unpaired) electrons. The lowest BCUT2D eigenvalue weighted by Crippen LogP contribution is -2.47. The van der Waals surface area contributed by atoms with Crippen molar-refractivity contribution in [2.45, 2.75) is 18.9 Å². The normalized spacial score (nSPS) is 16.7. The standard InChI is InChI=1S/C30H27N5O2S/c1-3-19(2)34-16-8-12-22(18-34)32-28(36)27-26-25-24(14-15-31-29(25)38-27)35(30(37)33-26)23-13-7-11-21(17-23)20-9-5-4-6-10-20/h3-7,9-11,13-15,17,22H,1-2,8,12,16,18H2,(H,32,36)(H,33,37)/t22-/m1/s1. The molecule has 2 aliphatic heterocycles. The first kappa shape index (κ1) is 23.9. The smallest absolute Gasteiger partial charge is 0.331 e. The Morgan fingerprint density at radius 2 is 1.95 bits per heavy atom. The first-order valence-corrected chi connectivity index (χ1v) is 13.4. The summed E-state index contributed by atoms with van der Waals surface area (Å²) in [5.74, 6) is -0.204. The van der Waals surface area contributed by atoms with E-state index in [0.29, 0.717) is 27.6 Å². The number of hydrogen-bond donors (Lipinski definition) is 2. The lowest BCUT2D eigenvalue weighted by molar-refractivity contribution is 0.0920. The van der Waals surface area contributed by atoms with Crippen molar-refractivity contribution < 1.29 is 9.59 Å². The maximum atomic E-state index is 13.5. The van der Waals surface area contributed by atoms with Crippen LogP contribution in [-0.2, 0) is 0 Å². The number of rotatable bonds is 6. The predicted molar refractivity (Wildman–Crippen MR) is 154 cm³/mol. The van der Waals surface area contributed by atoms with Gasteiger partial charge in [0.1, 0.15) is 9.71 Å². The number of piperidine rings is 1. The number of hydrogen-bond acceptors (Lipinski definition) is 5. The zero-order valence-electron chi connectivity index (χ0n) is 20.8. The second-order valence-electron chi connectivity index (χ2n) is 9.45. The van der Waals surface area contributed by atoms with Crippen LogP contribution in [0.4, 0.5) is 21.9 Å². The van der Waals surface area contributed by atoms with Crippen molar-refractivity contribution in [3.8, 4) is 11.1 Å². The zero-order chi connectivity index (χ0) is 26.2. The Labute approximate surface area is 225 Å². The Kier molecular flexibility index (Phi) is 6.17. The Morgan fingerprint density at radius 1 is 1.13 bits per heavy atom. The molecule has 0 spiro atoms. The van der Waals surface area contributed by atoms with Crippen LogP contribution in [0.3, 0.4) is 0 Å². The average molecular weight is 522 g/mol. The van der Waals surface area contributed by atoms with Crippen LogP contribution in [0.1, 0.15) is 22.5 Å². The Hall–Kier alpha value is -4.43. The lowest BCUT2D eigenvalue weighted by atomic mass is 10.0. The number of amides is 3. The van der Waals surface area contributed by atoms with E-state index in [-0.39, 0.29) is 18.0 Å². The van der Waals surface area contributed by atoms with Gasteiger partial charge in [-0.25, -0.2) is 9.78 Å². The highest BCUT2D eigenvalue weighted by atomic mass is 32.1. The summed E-state index contributed by atoms with van der Waals surface area (Å²) in [6.45, 7) is 9.43. The van der Waals surface area contributed by atoms with Gasteiger partial charge < -0.3 is 15.5 Å². The Morgan fingerprint density at radius 3 is 2.76 bits per heavy atom. The van der Waals surface area contributed by atoms with Crippen LogP contribution in [0, 0.1) is 0 Å². The van der Waals surface area contributed by atoms with Gasteiger partial charge in [0.15, 0.2) is 0 Å². The highest BCUT2D eigenvalue weighted by Gasteiger charge is 2.33. The van der Waals surface area contributed by atoms with Crippen LogP contribution in [0.15, 0.2) is 91.8 Å². The van der Waals surface area contributed by atoms with Crippen LogP contribution in [-0.4, -0.2) is 41.0 Å². The number of allylic oxidation sites excluding steroid dienone is 1. The number of urea groups is 1. The molecule has 1 fully saturated rings. The molecule has 0 bridgehead atoms. The molecule has 0 aliphatic carbocycles. The number of aromatic nitrogens is 1. The molecule has 2 aromatic carbocycles. The summed E-state index contributed by atoms with van der Waals surface area (Å²) in [6, 6.07) is 19.4. The summed E-state index contributed by atoms with van der Waals surface area (Å²) in [6.07, 6.45) is 5.27. The summed E-state index contributed by atoms with van der Waals surface area (Å²) >= 11 is 1.30. The summed E-state index contributed by atoms with van der Waals surface area (Å²) in [5, 5.41) is 6.94. The molecule has 7 nitrogen and oxygen atoms in total.